The van der Waals surface area contributed by atoms with Crippen molar-refractivity contribution in [3.63, 3.8) is 0 Å². The van der Waals surface area contributed by atoms with E-state index in [4.69, 9.17) is 0 Å². The summed E-state index contributed by atoms with van der Waals surface area (Å²) in [6.45, 7) is 7.98. The van der Waals surface area contributed by atoms with E-state index in [1.807, 2.05) is 13.8 Å². The summed E-state index contributed by atoms with van der Waals surface area (Å²) in [5.74, 6) is 0.327. The van der Waals surface area contributed by atoms with Gasteiger partial charge in [0, 0.05) is 24.0 Å². The zero-order valence-corrected chi connectivity index (χ0v) is 12.5. The van der Waals surface area contributed by atoms with Crippen LogP contribution in [0.2, 0.25) is 0 Å². The molecule has 0 fully saturated rings. The van der Waals surface area contributed by atoms with Crippen molar-refractivity contribution in [3.8, 4) is 0 Å². The number of hydrogen-bond acceptors (Lipinski definition) is 2. The molecule has 2 nitrogen and oxygen atoms in total. The molecule has 104 valence electrons. The van der Waals surface area contributed by atoms with Crippen molar-refractivity contribution >= 4 is 11.6 Å². The van der Waals surface area contributed by atoms with E-state index in [2.05, 4.69) is 13.8 Å². The fourth-order valence-electron chi connectivity index (χ4n) is 2.05. The van der Waals surface area contributed by atoms with Crippen molar-refractivity contribution in [1.29, 1.82) is 0 Å². The summed E-state index contributed by atoms with van der Waals surface area (Å²) in [4.78, 5) is 24.1. The predicted octanol–water partition coefficient (Wildman–Crippen LogP) is 4.62. The molecule has 0 amide bonds. The second-order valence-corrected chi connectivity index (χ2v) is 4.72. The molecule has 0 bridgehead atoms. The largest absolute Gasteiger partial charge is 0.295 e. The highest BCUT2D eigenvalue weighted by atomic mass is 16.1. The molecule has 0 aromatic carbocycles. The van der Waals surface area contributed by atoms with E-state index in [-0.39, 0.29) is 11.6 Å². The number of carbonyl (C=O) groups excluding carboxylic acids is 2. The van der Waals surface area contributed by atoms with E-state index in [1.165, 1.54) is 0 Å². The van der Waals surface area contributed by atoms with Crippen molar-refractivity contribution < 1.29 is 9.59 Å². The molecule has 0 rings (SSSR count). The number of ketones is 2. The smallest absolute Gasteiger partial charge is 0.158 e. The van der Waals surface area contributed by atoms with E-state index < -0.39 is 0 Å². The highest BCUT2D eigenvalue weighted by Crippen LogP contribution is 2.22. The van der Waals surface area contributed by atoms with Gasteiger partial charge in [-0.2, -0.15) is 0 Å². The SMILES string of the molecule is CCCCC(C(=O)CC)=C(CCCC)C(=O)CC. The van der Waals surface area contributed by atoms with Gasteiger partial charge in [-0.15, -0.1) is 0 Å². The minimum Gasteiger partial charge on any atom is -0.295 e. The number of hydrogen-bond donors (Lipinski definition) is 0. The molecule has 2 heteroatoms. The normalized spacial score (nSPS) is 12.2. The molecular weight excluding hydrogens is 224 g/mol. The Balaban J connectivity index is 5.21. The Hall–Kier alpha value is -0.920. The highest BCUT2D eigenvalue weighted by Gasteiger charge is 2.17. The second-order valence-electron chi connectivity index (χ2n) is 4.72. The van der Waals surface area contributed by atoms with Crippen LogP contribution >= 0.6 is 0 Å². The maximum atomic E-state index is 12.0. The molecule has 0 aromatic rings. The summed E-state index contributed by atoms with van der Waals surface area (Å²) < 4.78 is 0. The fourth-order valence-corrected chi connectivity index (χ4v) is 2.05. The number of unbranched alkanes of at least 4 members (excludes halogenated alkanes) is 2. The van der Waals surface area contributed by atoms with Crippen LogP contribution in [0.15, 0.2) is 11.1 Å². The quantitative estimate of drug-likeness (QED) is 0.531. The number of rotatable bonds is 10. The number of Topliss-reactive ketones (excluding diaryl/α,β-unsaturated/α-hetero) is 2. The highest BCUT2D eigenvalue weighted by molar-refractivity contribution is 6.06. The predicted molar refractivity (Wildman–Crippen MR) is 76.7 cm³/mol. The third kappa shape index (κ3) is 5.61. The van der Waals surface area contributed by atoms with Crippen molar-refractivity contribution in [3.05, 3.63) is 11.1 Å². The summed E-state index contributed by atoms with van der Waals surface area (Å²) in [6.07, 6.45) is 6.66. The molecule has 0 aromatic heterocycles. The van der Waals surface area contributed by atoms with Gasteiger partial charge >= 0.3 is 0 Å². The molecule has 0 saturated carbocycles. The summed E-state index contributed by atoms with van der Waals surface area (Å²) >= 11 is 0. The molecule has 18 heavy (non-hydrogen) atoms. The molecule has 0 heterocycles. The number of carbonyl (C=O) groups is 2. The summed E-state index contributed by atoms with van der Waals surface area (Å²) in [6, 6.07) is 0. The van der Waals surface area contributed by atoms with Gasteiger partial charge in [0.1, 0.15) is 0 Å². The lowest BCUT2D eigenvalue weighted by Gasteiger charge is -2.12. The average molecular weight is 252 g/mol. The van der Waals surface area contributed by atoms with Crippen LogP contribution in [0.1, 0.15) is 79.1 Å². The Kier molecular flexibility index (Phi) is 9.53. The average Bonchev–Trinajstić information content (AvgIpc) is 2.40. The van der Waals surface area contributed by atoms with Crippen LogP contribution in [0.3, 0.4) is 0 Å². The van der Waals surface area contributed by atoms with Crippen LogP contribution in [-0.2, 0) is 9.59 Å². The van der Waals surface area contributed by atoms with Gasteiger partial charge < -0.3 is 0 Å². The van der Waals surface area contributed by atoms with Crippen molar-refractivity contribution in [2.24, 2.45) is 0 Å². The van der Waals surface area contributed by atoms with Crippen molar-refractivity contribution in [2.45, 2.75) is 79.1 Å². The van der Waals surface area contributed by atoms with E-state index in [9.17, 15) is 9.59 Å². The van der Waals surface area contributed by atoms with E-state index in [0.29, 0.717) is 12.8 Å². The molecule has 0 atom stereocenters. The summed E-state index contributed by atoms with van der Waals surface area (Å²) in [7, 11) is 0. The topological polar surface area (TPSA) is 34.1 Å². The van der Waals surface area contributed by atoms with Gasteiger partial charge in [-0.05, 0) is 25.7 Å². The van der Waals surface area contributed by atoms with E-state index >= 15 is 0 Å². The third-order valence-corrected chi connectivity index (χ3v) is 3.24. The Labute approximate surface area is 112 Å². The van der Waals surface area contributed by atoms with Crippen LogP contribution in [0.4, 0.5) is 0 Å². The summed E-state index contributed by atoms with van der Waals surface area (Å²) in [5, 5.41) is 0. The van der Waals surface area contributed by atoms with Gasteiger partial charge in [0.05, 0.1) is 0 Å². The Morgan fingerprint density at radius 2 is 1.00 bits per heavy atom. The standard InChI is InChI=1S/C16H28O2/c1-5-9-11-13(15(17)7-3)14(12-10-6-2)16(18)8-4/h5-12H2,1-4H3. The zero-order valence-electron chi connectivity index (χ0n) is 12.5. The molecule has 0 aliphatic rings. The first kappa shape index (κ1) is 17.1. The van der Waals surface area contributed by atoms with Gasteiger partial charge in [-0.1, -0.05) is 40.5 Å². The first-order valence-corrected chi connectivity index (χ1v) is 7.40. The molecule has 0 spiro atoms. The Morgan fingerprint density at radius 3 is 1.22 bits per heavy atom. The molecule has 0 aliphatic carbocycles. The van der Waals surface area contributed by atoms with Crippen LogP contribution in [0.5, 0.6) is 0 Å². The van der Waals surface area contributed by atoms with Gasteiger partial charge in [0.2, 0.25) is 0 Å². The van der Waals surface area contributed by atoms with Crippen molar-refractivity contribution in [1.82, 2.24) is 0 Å². The monoisotopic (exact) mass is 252 g/mol. The van der Waals surface area contributed by atoms with Crippen molar-refractivity contribution in [2.75, 3.05) is 0 Å². The van der Waals surface area contributed by atoms with E-state index in [1.54, 1.807) is 0 Å². The first-order valence-electron chi connectivity index (χ1n) is 7.40. The molecule has 0 unspecified atom stereocenters. The fraction of sp³-hybridized carbons (Fsp3) is 0.750. The lowest BCUT2D eigenvalue weighted by Crippen LogP contribution is -2.12. The Morgan fingerprint density at radius 1 is 0.667 bits per heavy atom. The van der Waals surface area contributed by atoms with Gasteiger partial charge in [0.15, 0.2) is 11.6 Å². The maximum Gasteiger partial charge on any atom is 0.158 e. The minimum absolute atomic E-state index is 0.163. The first-order chi connectivity index (χ1) is 8.62. The van der Waals surface area contributed by atoms with Gasteiger partial charge in [-0.25, -0.2) is 0 Å². The van der Waals surface area contributed by atoms with Gasteiger partial charge in [0.25, 0.3) is 0 Å². The van der Waals surface area contributed by atoms with E-state index in [0.717, 1.165) is 49.7 Å². The van der Waals surface area contributed by atoms with Crippen LogP contribution in [0, 0.1) is 0 Å². The van der Waals surface area contributed by atoms with Crippen LogP contribution < -0.4 is 0 Å². The third-order valence-electron chi connectivity index (χ3n) is 3.24. The Bertz CT molecular complexity index is 270. The lowest BCUT2D eigenvalue weighted by molar-refractivity contribution is -0.118. The van der Waals surface area contributed by atoms with Gasteiger partial charge in [-0.3, -0.25) is 9.59 Å². The number of allylic oxidation sites excluding steroid dienone is 2. The van der Waals surface area contributed by atoms with Crippen LogP contribution in [0.25, 0.3) is 0 Å². The summed E-state index contributed by atoms with van der Waals surface area (Å²) in [5.41, 5.74) is 1.64. The molecule has 0 N–H and O–H groups in total. The second kappa shape index (κ2) is 10.0. The molecule has 0 aliphatic heterocycles. The lowest BCUT2D eigenvalue weighted by atomic mass is 9.90. The molecular formula is C16H28O2. The molecule has 0 saturated heterocycles. The zero-order chi connectivity index (χ0) is 14.0. The minimum atomic E-state index is 0.163. The van der Waals surface area contributed by atoms with Crippen LogP contribution in [-0.4, -0.2) is 11.6 Å². The molecule has 0 radical (unpaired) electrons. The maximum absolute atomic E-state index is 12.0.